The first-order valence-corrected chi connectivity index (χ1v) is 23.4. The van der Waals surface area contributed by atoms with Gasteiger partial charge in [-0.05, 0) is 75.6 Å². The van der Waals surface area contributed by atoms with E-state index in [1.807, 2.05) is 12.1 Å². The molecule has 0 spiro atoms. The molecule has 8 amide bonds. The number of aliphatic carboxylic acids is 4. The van der Waals surface area contributed by atoms with E-state index in [-0.39, 0.29) is 82.5 Å². The molecule has 30 heteroatoms. The molecule has 0 aliphatic carbocycles. The number of hydrogen-bond donors (Lipinski definition) is 12. The standard InChI is InChI=1S/2C18H26N4O6.C6H10FN3O.C4H6O.2CO2/c2*23-15(24)10-6-12-20-18(28)22-14(16(25)26)9-4-5-11-19-17(27)21-13-7-2-1-3-8-13;1-11-5-6-4-8-9-10(6)3-2-7;1-3-4-5-2;2*2-1-3/h2*1-3,7-8,14H,4-6,9-12H2,(H,23,24)(H,25,26)(H2,19,21,27)(H2,20,22,28);4H,2-3,5H2,1H3;1H,4H2,2H3;;/i;;7-1;;;. The van der Waals surface area contributed by atoms with Crippen LogP contribution in [0.25, 0.3) is 0 Å². The Balaban J connectivity index is -0.00000104. The number of carboxylic acids is 4. The van der Waals surface area contributed by atoms with Gasteiger partial charge in [-0.2, -0.15) is 19.2 Å². The minimum Gasteiger partial charge on any atom is -0.481 e. The number of para-hydroxylation sites is 2. The minimum atomic E-state index is -1.16. The zero-order chi connectivity index (χ0) is 59.2. The van der Waals surface area contributed by atoms with Gasteiger partial charge in [-0.1, -0.05) is 47.5 Å². The van der Waals surface area contributed by atoms with Crippen LogP contribution in [0.1, 0.15) is 69.9 Å². The van der Waals surface area contributed by atoms with Crippen molar-refractivity contribution >= 4 is 71.7 Å². The smallest absolute Gasteiger partial charge is 0.373 e. The molecule has 78 heavy (non-hydrogen) atoms. The van der Waals surface area contributed by atoms with Crippen LogP contribution in [-0.4, -0.2) is 161 Å². The number of aromatic nitrogens is 3. The Hall–Kier alpha value is -9.29. The van der Waals surface area contributed by atoms with Crippen molar-refractivity contribution in [3.8, 4) is 12.3 Å². The number of halogens is 1. The highest BCUT2D eigenvalue weighted by atomic mass is 18.2. The first-order valence-electron chi connectivity index (χ1n) is 23.4. The number of anilines is 2. The first kappa shape index (κ1) is 73.0. The average molecular weight is 1110 g/mol. The summed E-state index contributed by atoms with van der Waals surface area (Å²) < 4.78 is 22.6. The predicted molar refractivity (Wildman–Crippen MR) is 272 cm³/mol. The van der Waals surface area contributed by atoms with Gasteiger partial charge in [-0.15, -0.1) is 11.5 Å². The molecule has 2 unspecified atom stereocenters. The lowest BCUT2D eigenvalue weighted by atomic mass is 10.1. The van der Waals surface area contributed by atoms with Gasteiger partial charge < -0.3 is 72.4 Å². The number of aryl methyl sites for hydroxylation is 1. The van der Waals surface area contributed by atoms with E-state index in [2.05, 4.69) is 63.5 Å². The van der Waals surface area contributed by atoms with Crippen LogP contribution in [0, 0.1) is 12.3 Å². The number of hydrogen-bond acceptors (Lipinski definition) is 16. The molecule has 0 aliphatic rings. The van der Waals surface area contributed by atoms with Crippen molar-refractivity contribution in [1.82, 2.24) is 46.9 Å². The van der Waals surface area contributed by atoms with Crippen LogP contribution in [0.2, 0.25) is 0 Å². The quantitative estimate of drug-likeness (QED) is 0.0351. The molecule has 0 fully saturated rings. The molecule has 3 rings (SSSR count). The van der Waals surface area contributed by atoms with Crippen molar-refractivity contribution in [1.29, 1.82) is 0 Å². The number of alkyl halides is 1. The monoisotopic (exact) mass is 1100 g/mol. The van der Waals surface area contributed by atoms with Crippen molar-refractivity contribution in [2.24, 2.45) is 0 Å². The van der Waals surface area contributed by atoms with Crippen LogP contribution in [0.4, 0.5) is 34.9 Å². The molecule has 2 atom stereocenters. The van der Waals surface area contributed by atoms with Crippen LogP contribution in [0.5, 0.6) is 0 Å². The van der Waals surface area contributed by atoms with Gasteiger partial charge in [0, 0.05) is 64.6 Å². The zero-order valence-corrected chi connectivity index (χ0v) is 43.0. The summed E-state index contributed by atoms with van der Waals surface area (Å²) in [6.45, 7) is 1.68. The molecule has 430 valence electrons. The third-order valence-corrected chi connectivity index (χ3v) is 8.90. The van der Waals surface area contributed by atoms with Gasteiger partial charge in [0.15, 0.2) is 0 Å². The van der Waals surface area contributed by atoms with E-state index in [9.17, 15) is 53.0 Å². The Morgan fingerprint density at radius 3 is 1.31 bits per heavy atom. The van der Waals surface area contributed by atoms with Gasteiger partial charge in [0.25, 0.3) is 0 Å². The van der Waals surface area contributed by atoms with Crippen molar-refractivity contribution in [2.45, 2.75) is 89.4 Å². The molecule has 3 aromatic rings. The molecule has 12 N–H and O–H groups in total. The normalized spacial score (nSPS) is 10.1. The van der Waals surface area contributed by atoms with Crippen LogP contribution in [0.15, 0.2) is 66.9 Å². The molecular weight excluding hydrogens is 1040 g/mol. The number of unbranched alkanes of at least 4 members (excludes halogenated alkanes) is 2. The number of amides is 8. The fourth-order valence-electron chi connectivity index (χ4n) is 5.45. The number of nitrogens with zero attached hydrogens (tertiary/aromatic N) is 3. The highest BCUT2D eigenvalue weighted by Crippen LogP contribution is 2.07. The van der Waals surface area contributed by atoms with Crippen LogP contribution in [0.3, 0.4) is 0 Å². The van der Waals surface area contributed by atoms with Crippen molar-refractivity contribution in [3.05, 3.63) is 72.6 Å². The van der Waals surface area contributed by atoms with Gasteiger partial charge in [0.05, 0.1) is 25.0 Å². The molecule has 0 saturated heterocycles. The lowest BCUT2D eigenvalue weighted by molar-refractivity contribution is -0.193. The molecular formula is C48H68FN11O18. The molecule has 0 aliphatic heterocycles. The molecule has 2 aromatic carbocycles. The van der Waals surface area contributed by atoms with E-state index in [1.54, 1.807) is 68.9 Å². The van der Waals surface area contributed by atoms with Crippen molar-refractivity contribution in [2.75, 3.05) is 64.3 Å². The van der Waals surface area contributed by atoms with Crippen LogP contribution >= 0.6 is 0 Å². The number of methoxy groups -OCH3 is 2. The molecule has 0 radical (unpaired) electrons. The Labute approximate surface area is 448 Å². The molecule has 0 saturated carbocycles. The summed E-state index contributed by atoms with van der Waals surface area (Å²) in [6.07, 6.45) is 9.69. The Morgan fingerprint density at radius 2 is 0.987 bits per heavy atom. The Kier molecular flexibility index (Phi) is 47.9. The third kappa shape index (κ3) is 46.5. The van der Waals surface area contributed by atoms with E-state index >= 15 is 0 Å². The fourth-order valence-corrected chi connectivity index (χ4v) is 5.45. The zero-order valence-electron chi connectivity index (χ0n) is 43.0. The summed E-state index contributed by atoms with van der Waals surface area (Å²) >= 11 is 0. The maximum atomic E-state index is 11.8. The number of nitrogens with one attached hydrogen (secondary N) is 8. The summed E-state index contributed by atoms with van der Waals surface area (Å²) in [4.78, 5) is 122. The van der Waals surface area contributed by atoms with Gasteiger partial charge in [0.1, 0.15) is 25.4 Å². The lowest BCUT2D eigenvalue weighted by Crippen LogP contribution is -2.46. The van der Waals surface area contributed by atoms with Crippen LogP contribution in [-0.2, 0) is 61.0 Å². The highest BCUT2D eigenvalue weighted by Gasteiger charge is 2.20. The molecule has 1 heterocycles. The highest BCUT2D eigenvalue weighted by molar-refractivity contribution is 5.89. The van der Waals surface area contributed by atoms with E-state index in [0.29, 0.717) is 63.4 Å². The van der Waals surface area contributed by atoms with Crippen molar-refractivity contribution in [3.63, 3.8) is 0 Å². The summed E-state index contributed by atoms with van der Waals surface area (Å²) in [7, 11) is 3.15. The number of ether oxygens (including phenoxy) is 2. The lowest BCUT2D eigenvalue weighted by Gasteiger charge is -2.15. The maximum absolute atomic E-state index is 11.8. The maximum Gasteiger partial charge on any atom is 0.373 e. The van der Waals surface area contributed by atoms with Gasteiger partial charge in [-0.3, -0.25) is 9.59 Å². The van der Waals surface area contributed by atoms with Gasteiger partial charge >= 0.3 is 60.3 Å². The van der Waals surface area contributed by atoms with Crippen LogP contribution < -0.4 is 42.5 Å². The second kappa shape index (κ2) is 51.2. The summed E-state index contributed by atoms with van der Waals surface area (Å²) in [5.74, 6) is -1.94. The Bertz CT molecular complexity index is 2110. The van der Waals surface area contributed by atoms with E-state index in [4.69, 9.17) is 40.6 Å². The first-order chi connectivity index (χ1) is 37.4. The Morgan fingerprint density at radius 1 is 0.603 bits per heavy atom. The fraction of sp³-hybridized carbons (Fsp3) is 0.458. The number of rotatable bonds is 29. The van der Waals surface area contributed by atoms with Gasteiger partial charge in [-0.25, -0.2) is 37.8 Å². The van der Waals surface area contributed by atoms with E-state index < -0.39 is 54.7 Å². The minimum absolute atomic E-state index is 0.0759. The predicted octanol–water partition coefficient (Wildman–Crippen LogP) is 2.68. The second-order valence-corrected chi connectivity index (χ2v) is 14.9. The number of urea groups is 4. The summed E-state index contributed by atoms with van der Waals surface area (Å²) in [5, 5.41) is 62.9. The number of terminal acetylenes is 1. The number of carbonyl (C=O) groups is 8. The van der Waals surface area contributed by atoms with E-state index in [1.165, 1.54) is 4.68 Å². The molecule has 0 bridgehead atoms. The summed E-state index contributed by atoms with van der Waals surface area (Å²) in [6, 6.07) is 13.8. The average Bonchev–Trinajstić information content (AvgIpc) is 3.83. The number of carboxylic acid groups (broad SMARTS) is 4. The molecule has 1 aromatic heterocycles. The molecule has 29 nitrogen and oxygen atoms in total. The van der Waals surface area contributed by atoms with Crippen molar-refractivity contribution < 1.29 is 91.8 Å². The number of carbonyl (C=O) groups excluding carboxylic acids is 8. The van der Waals surface area contributed by atoms with Gasteiger partial charge in [0.2, 0.25) is 0 Å². The number of benzene rings is 2. The SMILES string of the molecule is C#CCOC.COCc1cnnn1CC[18F].O=C(O)CCCNC(=O)NC(CCCCNC(=O)Nc1ccccc1)C(=O)O.O=C(O)CCCNC(=O)NC(CCCCNC(=O)Nc1ccccc1)C(=O)O.O=C=O.O=C=O. The second-order valence-electron chi connectivity index (χ2n) is 14.9. The topological polar surface area (TPSA) is 431 Å². The third-order valence-electron chi connectivity index (χ3n) is 8.90. The van der Waals surface area contributed by atoms with E-state index in [0.717, 1.165) is 5.69 Å². The largest absolute Gasteiger partial charge is 0.481 e. The summed E-state index contributed by atoms with van der Waals surface area (Å²) in [5.41, 5.74) is 2.14.